The van der Waals surface area contributed by atoms with Gasteiger partial charge in [0.25, 0.3) is 0 Å². The smallest absolute Gasteiger partial charge is 0.168 e. The predicted octanol–water partition coefficient (Wildman–Crippen LogP) is 1.92. The lowest BCUT2D eigenvalue weighted by Gasteiger charge is -2.25. The van der Waals surface area contributed by atoms with Gasteiger partial charge in [-0.05, 0) is 6.07 Å². The van der Waals surface area contributed by atoms with E-state index in [1.165, 1.54) is 18.8 Å². The number of aliphatic imine (C=N–C) groups is 1. The molecule has 0 amide bonds. The molecule has 3 rings (SSSR count). The van der Waals surface area contributed by atoms with E-state index in [1.54, 1.807) is 6.21 Å². The summed E-state index contributed by atoms with van der Waals surface area (Å²) in [4.78, 5) is 4.28. The average Bonchev–Trinajstić information content (AvgIpc) is 2.71. The van der Waals surface area contributed by atoms with E-state index in [-0.39, 0.29) is 0 Å². The average molecular weight is 214 g/mol. The van der Waals surface area contributed by atoms with Crippen LogP contribution < -0.4 is 5.73 Å². The van der Waals surface area contributed by atoms with Crippen molar-refractivity contribution in [3.05, 3.63) is 54.4 Å². The standard InChI is InChI=1S/C12H10N2O2/c13-12(11-7-15-5-6-16-11)8-14-10-4-2-1-3-9(10)12/h1-8H,13H2. The normalized spacial score (nSPS) is 25.7. The second-order valence-electron chi connectivity index (χ2n) is 3.65. The second-order valence-corrected chi connectivity index (χ2v) is 3.65. The molecule has 0 saturated heterocycles. The van der Waals surface area contributed by atoms with E-state index < -0.39 is 5.54 Å². The Balaban J connectivity index is 2.08. The minimum absolute atomic E-state index is 0.531. The summed E-state index contributed by atoms with van der Waals surface area (Å²) < 4.78 is 10.4. The Hall–Kier alpha value is -2.07. The topological polar surface area (TPSA) is 56.8 Å². The quantitative estimate of drug-likeness (QED) is 0.776. The van der Waals surface area contributed by atoms with E-state index in [0.29, 0.717) is 5.76 Å². The molecule has 4 heteroatoms. The van der Waals surface area contributed by atoms with Gasteiger partial charge in [-0.15, -0.1) is 0 Å². The summed E-state index contributed by atoms with van der Waals surface area (Å²) in [5, 5.41) is 0. The molecule has 4 nitrogen and oxygen atoms in total. The van der Waals surface area contributed by atoms with E-state index in [2.05, 4.69) is 4.99 Å². The van der Waals surface area contributed by atoms with Gasteiger partial charge in [0.15, 0.2) is 5.76 Å². The molecule has 2 heterocycles. The molecule has 0 saturated carbocycles. The van der Waals surface area contributed by atoms with Crippen LogP contribution in [0.5, 0.6) is 0 Å². The highest BCUT2D eigenvalue weighted by molar-refractivity contribution is 5.87. The fraction of sp³-hybridized carbons (Fsp3) is 0.0833. The molecule has 16 heavy (non-hydrogen) atoms. The van der Waals surface area contributed by atoms with Crippen LogP contribution in [0.15, 0.2) is 53.8 Å². The van der Waals surface area contributed by atoms with E-state index in [9.17, 15) is 0 Å². The van der Waals surface area contributed by atoms with Gasteiger partial charge in [-0.1, -0.05) is 18.2 Å². The van der Waals surface area contributed by atoms with Crippen molar-refractivity contribution in [1.82, 2.24) is 0 Å². The number of fused-ring (bicyclic) bond motifs is 1. The van der Waals surface area contributed by atoms with Gasteiger partial charge in [0.1, 0.15) is 24.3 Å². The lowest BCUT2D eigenvalue weighted by atomic mass is 9.91. The first-order chi connectivity index (χ1) is 7.81. The minimum atomic E-state index is -0.832. The van der Waals surface area contributed by atoms with E-state index in [1.807, 2.05) is 24.3 Å². The van der Waals surface area contributed by atoms with Gasteiger partial charge < -0.3 is 15.2 Å². The lowest BCUT2D eigenvalue weighted by Crippen LogP contribution is -2.39. The van der Waals surface area contributed by atoms with Crippen molar-refractivity contribution >= 4 is 11.9 Å². The number of nitrogens with two attached hydrogens (primary N) is 1. The summed E-state index contributed by atoms with van der Waals surface area (Å²) in [7, 11) is 0. The Morgan fingerprint density at radius 3 is 2.88 bits per heavy atom. The second kappa shape index (κ2) is 3.21. The van der Waals surface area contributed by atoms with Crippen LogP contribution in [0.1, 0.15) is 5.56 Å². The van der Waals surface area contributed by atoms with Gasteiger partial charge in [0, 0.05) is 11.8 Å². The SMILES string of the molecule is NC1(C2=COC=CO2)C=Nc2ccccc21. The number of hydrogen-bond donors (Lipinski definition) is 1. The van der Waals surface area contributed by atoms with E-state index in [4.69, 9.17) is 15.2 Å². The monoisotopic (exact) mass is 214 g/mol. The summed E-state index contributed by atoms with van der Waals surface area (Å²) in [6, 6.07) is 7.70. The predicted molar refractivity (Wildman–Crippen MR) is 59.9 cm³/mol. The zero-order chi connectivity index (χ0) is 11.0. The third kappa shape index (κ3) is 1.17. The molecular formula is C12H10N2O2. The zero-order valence-corrected chi connectivity index (χ0v) is 8.46. The molecule has 0 aliphatic carbocycles. The zero-order valence-electron chi connectivity index (χ0n) is 8.46. The Morgan fingerprint density at radius 2 is 2.06 bits per heavy atom. The number of hydrogen-bond acceptors (Lipinski definition) is 4. The fourth-order valence-electron chi connectivity index (χ4n) is 1.83. The molecule has 80 valence electrons. The maximum Gasteiger partial charge on any atom is 0.168 e. The first-order valence-electron chi connectivity index (χ1n) is 4.92. The molecule has 1 unspecified atom stereocenters. The van der Waals surface area contributed by atoms with Crippen LogP contribution in [0, 0.1) is 0 Å². The Bertz CT molecular complexity index is 520. The van der Waals surface area contributed by atoms with Crippen LogP contribution >= 0.6 is 0 Å². The summed E-state index contributed by atoms with van der Waals surface area (Å²) in [6.45, 7) is 0. The number of para-hydroxylation sites is 1. The van der Waals surface area contributed by atoms with E-state index in [0.717, 1.165) is 11.3 Å². The summed E-state index contributed by atoms with van der Waals surface area (Å²) in [5.74, 6) is 0.531. The Labute approximate surface area is 92.7 Å². The molecule has 1 atom stereocenters. The third-order valence-electron chi connectivity index (χ3n) is 2.67. The van der Waals surface area contributed by atoms with Crippen molar-refractivity contribution < 1.29 is 9.47 Å². The molecule has 0 radical (unpaired) electrons. The van der Waals surface area contributed by atoms with Gasteiger partial charge >= 0.3 is 0 Å². The van der Waals surface area contributed by atoms with Crippen molar-refractivity contribution in [2.45, 2.75) is 5.54 Å². The van der Waals surface area contributed by atoms with Crippen LogP contribution in [0.4, 0.5) is 5.69 Å². The number of benzene rings is 1. The number of ether oxygens (including phenoxy) is 2. The van der Waals surface area contributed by atoms with Gasteiger partial charge in [0.05, 0.1) is 5.69 Å². The van der Waals surface area contributed by atoms with Crippen LogP contribution in [0.2, 0.25) is 0 Å². The van der Waals surface area contributed by atoms with Crippen LogP contribution in [-0.4, -0.2) is 6.21 Å². The fourth-order valence-corrected chi connectivity index (χ4v) is 1.83. The molecule has 2 aliphatic rings. The van der Waals surface area contributed by atoms with Crippen molar-refractivity contribution in [2.75, 3.05) is 0 Å². The number of rotatable bonds is 1. The Kier molecular flexibility index (Phi) is 1.84. The van der Waals surface area contributed by atoms with Crippen molar-refractivity contribution in [1.29, 1.82) is 0 Å². The highest BCUT2D eigenvalue weighted by Gasteiger charge is 2.38. The van der Waals surface area contributed by atoms with Crippen molar-refractivity contribution in [2.24, 2.45) is 10.7 Å². The van der Waals surface area contributed by atoms with Crippen molar-refractivity contribution in [3.63, 3.8) is 0 Å². The number of nitrogens with zero attached hydrogens (tertiary/aromatic N) is 1. The molecular weight excluding hydrogens is 204 g/mol. The van der Waals surface area contributed by atoms with Gasteiger partial charge in [-0.2, -0.15) is 0 Å². The molecule has 2 N–H and O–H groups in total. The van der Waals surface area contributed by atoms with Gasteiger partial charge in [-0.25, -0.2) is 0 Å². The van der Waals surface area contributed by atoms with Crippen molar-refractivity contribution in [3.8, 4) is 0 Å². The molecule has 1 aromatic carbocycles. The highest BCUT2D eigenvalue weighted by atomic mass is 16.5. The summed E-state index contributed by atoms with van der Waals surface area (Å²) in [5.41, 5.74) is 7.24. The molecule has 0 bridgehead atoms. The van der Waals surface area contributed by atoms with Crippen LogP contribution in [0.25, 0.3) is 0 Å². The summed E-state index contributed by atoms with van der Waals surface area (Å²) >= 11 is 0. The lowest BCUT2D eigenvalue weighted by molar-refractivity contribution is 0.226. The van der Waals surface area contributed by atoms with Crippen LogP contribution in [-0.2, 0) is 15.0 Å². The molecule has 0 aromatic heterocycles. The first-order valence-corrected chi connectivity index (χ1v) is 4.92. The molecule has 0 fully saturated rings. The summed E-state index contributed by atoms with van der Waals surface area (Å²) in [6.07, 6.45) is 6.07. The van der Waals surface area contributed by atoms with Gasteiger partial charge in [0.2, 0.25) is 0 Å². The Morgan fingerprint density at radius 1 is 1.19 bits per heavy atom. The molecule has 2 aliphatic heterocycles. The minimum Gasteiger partial charge on any atom is -0.466 e. The maximum atomic E-state index is 6.29. The molecule has 0 spiro atoms. The maximum absolute atomic E-state index is 6.29. The van der Waals surface area contributed by atoms with Gasteiger partial charge in [-0.3, -0.25) is 4.99 Å². The first kappa shape index (κ1) is 9.18. The largest absolute Gasteiger partial charge is 0.466 e. The highest BCUT2D eigenvalue weighted by Crippen LogP contribution is 2.38. The van der Waals surface area contributed by atoms with E-state index >= 15 is 0 Å². The van der Waals surface area contributed by atoms with Crippen LogP contribution in [0.3, 0.4) is 0 Å². The third-order valence-corrected chi connectivity index (χ3v) is 2.67. The molecule has 1 aromatic rings.